The standard InChI is InChI=1S/C32H54N6O5/c1-9-28(22(2)19-37(6)7)24-12-10-14-27(18-24)43-31(42)38(8)21-32(4,5)20-36-29(41)25(13-11-15-35-30(33)34)17-26(40)16-23(3)39/h10,12,14,18,22,25,28H,9,11,13,15-17,19-21H2,1-8H3,(H,36,41)(H4,33,34,35)/t22-,25+,28+/m0/s1. The first-order chi connectivity index (χ1) is 20.0. The summed E-state index contributed by atoms with van der Waals surface area (Å²) in [7, 11) is 5.80. The van der Waals surface area contributed by atoms with Gasteiger partial charge in [0.05, 0.1) is 6.42 Å². The highest BCUT2D eigenvalue weighted by molar-refractivity contribution is 5.99. The Morgan fingerprint density at radius 2 is 1.79 bits per heavy atom. The van der Waals surface area contributed by atoms with E-state index in [1.165, 1.54) is 11.8 Å². The highest BCUT2D eigenvalue weighted by atomic mass is 16.6. The van der Waals surface area contributed by atoms with E-state index in [-0.39, 0.29) is 42.8 Å². The van der Waals surface area contributed by atoms with Crippen LogP contribution in [-0.4, -0.2) is 86.6 Å². The Bertz CT molecular complexity index is 1100. The van der Waals surface area contributed by atoms with Gasteiger partial charge < -0.3 is 31.3 Å². The van der Waals surface area contributed by atoms with Gasteiger partial charge in [0, 0.05) is 45.6 Å². The second kappa shape index (κ2) is 18.3. The summed E-state index contributed by atoms with van der Waals surface area (Å²) < 4.78 is 5.72. The number of nitrogens with two attached hydrogens (primary N) is 2. The number of hydrogen-bond donors (Lipinski definition) is 3. The number of amides is 2. The lowest BCUT2D eigenvalue weighted by Gasteiger charge is -2.31. The van der Waals surface area contributed by atoms with Crippen LogP contribution in [0.15, 0.2) is 29.3 Å². The topological polar surface area (TPSA) is 160 Å². The average Bonchev–Trinajstić information content (AvgIpc) is 2.88. The molecule has 43 heavy (non-hydrogen) atoms. The summed E-state index contributed by atoms with van der Waals surface area (Å²) >= 11 is 0. The molecule has 0 fully saturated rings. The van der Waals surface area contributed by atoms with Crippen LogP contribution in [0, 0.1) is 17.3 Å². The molecule has 5 N–H and O–H groups in total. The van der Waals surface area contributed by atoms with Crippen LogP contribution < -0.4 is 21.5 Å². The molecule has 0 heterocycles. The predicted octanol–water partition coefficient (Wildman–Crippen LogP) is 3.56. The Hall–Kier alpha value is -3.47. The van der Waals surface area contributed by atoms with E-state index >= 15 is 0 Å². The maximum absolute atomic E-state index is 13.1. The molecule has 1 aromatic rings. The van der Waals surface area contributed by atoms with Crippen molar-refractivity contribution in [2.24, 2.45) is 33.7 Å². The highest BCUT2D eigenvalue weighted by Gasteiger charge is 2.28. The molecule has 0 spiro atoms. The van der Waals surface area contributed by atoms with E-state index in [1.54, 1.807) is 13.1 Å². The van der Waals surface area contributed by atoms with Crippen LogP contribution in [0.5, 0.6) is 5.75 Å². The molecule has 0 radical (unpaired) electrons. The summed E-state index contributed by atoms with van der Waals surface area (Å²) in [5.41, 5.74) is 11.4. The SMILES string of the molecule is CC[C@@H](c1cccc(OC(=O)N(C)CC(C)(C)CNC(=O)[C@H](CCCN=C(N)N)CC(=O)CC(C)=O)c1)[C@@H](C)CN(C)C. The number of guanidine groups is 1. The van der Waals surface area contributed by atoms with E-state index in [9.17, 15) is 19.2 Å². The number of benzene rings is 1. The van der Waals surface area contributed by atoms with Gasteiger partial charge in [-0.25, -0.2) is 4.79 Å². The first kappa shape index (κ1) is 37.6. The third kappa shape index (κ3) is 15.0. The van der Waals surface area contributed by atoms with Gasteiger partial charge >= 0.3 is 6.09 Å². The summed E-state index contributed by atoms with van der Waals surface area (Å²) in [6, 6.07) is 7.72. The van der Waals surface area contributed by atoms with Crippen LogP contribution in [0.2, 0.25) is 0 Å². The van der Waals surface area contributed by atoms with E-state index in [2.05, 4.69) is 49.2 Å². The number of ether oxygens (including phenoxy) is 1. The summed E-state index contributed by atoms with van der Waals surface area (Å²) in [5, 5.41) is 2.93. The average molecular weight is 603 g/mol. The highest BCUT2D eigenvalue weighted by Crippen LogP contribution is 2.31. The minimum absolute atomic E-state index is 0.0359. The lowest BCUT2D eigenvalue weighted by Crippen LogP contribution is -2.45. The first-order valence-corrected chi connectivity index (χ1v) is 15.1. The number of Topliss-reactive ketones (excluding diaryl/α,β-unsaturated/α-hetero) is 2. The van der Waals surface area contributed by atoms with Crippen LogP contribution in [0.25, 0.3) is 0 Å². The Morgan fingerprint density at radius 3 is 2.37 bits per heavy atom. The molecule has 1 aromatic carbocycles. The first-order valence-electron chi connectivity index (χ1n) is 15.1. The van der Waals surface area contributed by atoms with Crippen LogP contribution >= 0.6 is 0 Å². The molecule has 2 amide bonds. The molecule has 0 bridgehead atoms. The smallest absolute Gasteiger partial charge is 0.410 e. The van der Waals surface area contributed by atoms with E-state index in [4.69, 9.17) is 16.2 Å². The van der Waals surface area contributed by atoms with Crippen molar-refractivity contribution in [2.75, 3.05) is 47.3 Å². The van der Waals surface area contributed by atoms with Crippen molar-refractivity contribution < 1.29 is 23.9 Å². The molecular weight excluding hydrogens is 548 g/mol. The number of carbonyl (C=O) groups is 4. The van der Waals surface area contributed by atoms with Gasteiger partial charge in [-0.3, -0.25) is 19.4 Å². The van der Waals surface area contributed by atoms with Gasteiger partial charge in [0.2, 0.25) is 5.91 Å². The lowest BCUT2D eigenvalue weighted by molar-refractivity contribution is -0.132. The number of aliphatic imine (C=N–C) groups is 1. The Balaban J connectivity index is 2.80. The van der Waals surface area contributed by atoms with Gasteiger partial charge in [0.25, 0.3) is 0 Å². The molecule has 0 aromatic heterocycles. The molecule has 0 unspecified atom stereocenters. The summed E-state index contributed by atoms with van der Waals surface area (Å²) in [6.07, 6.45) is 1.16. The zero-order valence-corrected chi connectivity index (χ0v) is 27.4. The maximum Gasteiger partial charge on any atom is 0.414 e. The number of hydrogen-bond acceptors (Lipinski definition) is 7. The van der Waals surface area contributed by atoms with Crippen molar-refractivity contribution in [1.82, 2.24) is 15.1 Å². The van der Waals surface area contributed by atoms with Crippen molar-refractivity contribution in [3.63, 3.8) is 0 Å². The quantitative estimate of drug-likeness (QED) is 0.0938. The fourth-order valence-electron chi connectivity index (χ4n) is 5.39. The fourth-order valence-corrected chi connectivity index (χ4v) is 5.39. The lowest BCUT2D eigenvalue weighted by atomic mass is 9.85. The van der Waals surface area contributed by atoms with Crippen molar-refractivity contribution in [2.45, 2.75) is 72.6 Å². The van der Waals surface area contributed by atoms with E-state index in [0.29, 0.717) is 43.5 Å². The molecular formula is C32H54N6O5. The number of rotatable bonds is 19. The molecule has 0 aliphatic rings. The molecule has 1 rings (SSSR count). The molecule has 3 atom stereocenters. The zero-order valence-electron chi connectivity index (χ0n) is 27.4. The van der Waals surface area contributed by atoms with Gasteiger partial charge in [-0.15, -0.1) is 0 Å². The van der Waals surface area contributed by atoms with Gasteiger partial charge in [-0.2, -0.15) is 0 Å². The number of carbonyl (C=O) groups excluding carboxylic acids is 4. The second-order valence-electron chi connectivity index (χ2n) is 12.7. The number of ketones is 2. The van der Waals surface area contributed by atoms with Crippen molar-refractivity contribution in [3.8, 4) is 5.75 Å². The summed E-state index contributed by atoms with van der Waals surface area (Å²) in [4.78, 5) is 57.4. The molecule has 11 heteroatoms. The minimum atomic E-state index is -0.612. The van der Waals surface area contributed by atoms with E-state index in [0.717, 1.165) is 18.5 Å². The fraction of sp³-hybridized carbons (Fsp3) is 0.656. The second-order valence-corrected chi connectivity index (χ2v) is 12.7. The zero-order chi connectivity index (χ0) is 32.7. The van der Waals surface area contributed by atoms with Gasteiger partial charge in [-0.1, -0.05) is 39.8 Å². The Morgan fingerprint density at radius 1 is 1.12 bits per heavy atom. The van der Waals surface area contributed by atoms with Crippen LogP contribution in [0.4, 0.5) is 4.79 Å². The maximum atomic E-state index is 13.1. The van der Waals surface area contributed by atoms with Crippen molar-refractivity contribution in [3.05, 3.63) is 29.8 Å². The van der Waals surface area contributed by atoms with Crippen LogP contribution in [-0.2, 0) is 14.4 Å². The van der Waals surface area contributed by atoms with Crippen molar-refractivity contribution in [1.29, 1.82) is 0 Å². The molecule has 0 aliphatic carbocycles. The third-order valence-electron chi connectivity index (χ3n) is 7.29. The number of nitrogens with zero attached hydrogens (tertiary/aromatic N) is 3. The predicted molar refractivity (Wildman–Crippen MR) is 171 cm³/mol. The van der Waals surface area contributed by atoms with Crippen molar-refractivity contribution >= 4 is 29.5 Å². The van der Waals surface area contributed by atoms with Gasteiger partial charge in [-0.05, 0) is 75.2 Å². The molecule has 0 saturated carbocycles. The van der Waals surface area contributed by atoms with Crippen LogP contribution in [0.3, 0.4) is 0 Å². The van der Waals surface area contributed by atoms with Gasteiger partial charge in [0.1, 0.15) is 17.3 Å². The molecule has 0 aliphatic heterocycles. The van der Waals surface area contributed by atoms with Crippen LogP contribution in [0.1, 0.15) is 78.2 Å². The molecule has 0 saturated heterocycles. The molecule has 11 nitrogen and oxygen atoms in total. The normalized spacial score (nSPS) is 13.5. The Labute approximate surface area is 257 Å². The number of nitrogens with one attached hydrogen (secondary N) is 1. The van der Waals surface area contributed by atoms with E-state index in [1.807, 2.05) is 26.0 Å². The minimum Gasteiger partial charge on any atom is -0.410 e. The monoisotopic (exact) mass is 602 g/mol. The largest absolute Gasteiger partial charge is 0.414 e. The Kier molecular flexibility index (Phi) is 15.9. The van der Waals surface area contributed by atoms with Gasteiger partial charge in [0.15, 0.2) is 5.96 Å². The molecule has 242 valence electrons. The summed E-state index contributed by atoms with van der Waals surface area (Å²) in [6.45, 7) is 11.5. The summed E-state index contributed by atoms with van der Waals surface area (Å²) in [5.74, 6) is -0.177. The third-order valence-corrected chi connectivity index (χ3v) is 7.29. The van der Waals surface area contributed by atoms with E-state index < -0.39 is 17.4 Å².